The zero-order chi connectivity index (χ0) is 18.2. The number of nitrogens with one attached hydrogen (secondary N) is 2. The summed E-state index contributed by atoms with van der Waals surface area (Å²) in [6.45, 7) is 2.01. The van der Waals surface area contributed by atoms with Crippen LogP contribution in [0.25, 0.3) is 0 Å². The number of amides is 2. The highest BCUT2D eigenvalue weighted by atomic mass is 32.2. The third-order valence-electron chi connectivity index (χ3n) is 3.78. The molecule has 25 heavy (non-hydrogen) atoms. The SMILES string of the molecule is CCc1ccc(NC(=O)C(=O)NCC(O)c2ccc(SC)cc2)cc1. The summed E-state index contributed by atoms with van der Waals surface area (Å²) >= 11 is 1.61. The van der Waals surface area contributed by atoms with E-state index in [2.05, 4.69) is 10.6 Å². The first-order valence-corrected chi connectivity index (χ1v) is 9.26. The molecule has 0 aromatic heterocycles. The predicted octanol–water partition coefficient (Wildman–Crippen LogP) is 2.76. The third kappa shape index (κ3) is 5.62. The Kier molecular flexibility index (Phi) is 7.03. The molecule has 0 spiro atoms. The number of anilines is 1. The number of aliphatic hydroxyl groups excluding tert-OH is 1. The van der Waals surface area contributed by atoms with Crippen molar-refractivity contribution in [3.05, 3.63) is 59.7 Å². The summed E-state index contributed by atoms with van der Waals surface area (Å²) < 4.78 is 0. The number of thioether (sulfide) groups is 1. The van der Waals surface area contributed by atoms with E-state index in [-0.39, 0.29) is 6.54 Å². The standard InChI is InChI=1S/C19H22N2O3S/c1-3-13-4-8-15(9-5-13)21-19(24)18(23)20-12-17(22)14-6-10-16(25-2)11-7-14/h4-11,17,22H,3,12H2,1-2H3,(H,20,23)(H,21,24). The largest absolute Gasteiger partial charge is 0.387 e. The molecule has 0 bridgehead atoms. The van der Waals surface area contributed by atoms with Crippen molar-refractivity contribution in [2.75, 3.05) is 18.1 Å². The second kappa shape index (κ2) is 9.25. The highest BCUT2D eigenvalue weighted by Crippen LogP contribution is 2.18. The minimum absolute atomic E-state index is 0.0281. The van der Waals surface area contributed by atoms with Gasteiger partial charge in [-0.15, -0.1) is 11.8 Å². The van der Waals surface area contributed by atoms with Crippen molar-refractivity contribution in [2.45, 2.75) is 24.3 Å². The number of hydrogen-bond donors (Lipinski definition) is 3. The molecule has 0 heterocycles. The van der Waals surface area contributed by atoms with E-state index in [1.54, 1.807) is 36.0 Å². The van der Waals surface area contributed by atoms with Crippen LogP contribution in [0.1, 0.15) is 24.2 Å². The van der Waals surface area contributed by atoms with Gasteiger partial charge in [-0.25, -0.2) is 0 Å². The first-order chi connectivity index (χ1) is 12.0. The Morgan fingerprint density at radius 3 is 2.24 bits per heavy atom. The molecular formula is C19H22N2O3S. The van der Waals surface area contributed by atoms with E-state index < -0.39 is 17.9 Å². The zero-order valence-electron chi connectivity index (χ0n) is 14.3. The van der Waals surface area contributed by atoms with Gasteiger partial charge in [0.2, 0.25) is 0 Å². The molecule has 0 saturated carbocycles. The van der Waals surface area contributed by atoms with Crippen LogP contribution in [0.5, 0.6) is 0 Å². The minimum atomic E-state index is -0.864. The van der Waals surface area contributed by atoms with Crippen molar-refractivity contribution in [1.29, 1.82) is 0 Å². The van der Waals surface area contributed by atoms with Crippen molar-refractivity contribution < 1.29 is 14.7 Å². The molecule has 0 aliphatic rings. The van der Waals surface area contributed by atoms with Crippen LogP contribution < -0.4 is 10.6 Å². The van der Waals surface area contributed by atoms with E-state index >= 15 is 0 Å². The monoisotopic (exact) mass is 358 g/mol. The van der Waals surface area contributed by atoms with Gasteiger partial charge in [-0.2, -0.15) is 0 Å². The van der Waals surface area contributed by atoms with Crippen molar-refractivity contribution in [3.8, 4) is 0 Å². The molecule has 2 aromatic carbocycles. The summed E-state index contributed by atoms with van der Waals surface area (Å²) in [5.41, 5.74) is 2.40. The van der Waals surface area contributed by atoms with Gasteiger partial charge in [0.05, 0.1) is 6.10 Å². The third-order valence-corrected chi connectivity index (χ3v) is 4.53. The molecule has 1 atom stereocenters. The lowest BCUT2D eigenvalue weighted by Gasteiger charge is -2.13. The van der Waals surface area contributed by atoms with E-state index in [1.165, 1.54) is 0 Å². The van der Waals surface area contributed by atoms with E-state index in [0.29, 0.717) is 11.3 Å². The van der Waals surface area contributed by atoms with Crippen molar-refractivity contribution in [2.24, 2.45) is 0 Å². The van der Waals surface area contributed by atoms with Crippen LogP contribution in [-0.4, -0.2) is 29.7 Å². The van der Waals surface area contributed by atoms with Crippen LogP contribution >= 0.6 is 11.8 Å². The van der Waals surface area contributed by atoms with E-state index in [4.69, 9.17) is 0 Å². The molecule has 132 valence electrons. The van der Waals surface area contributed by atoms with Gasteiger partial charge >= 0.3 is 11.8 Å². The van der Waals surface area contributed by atoms with Gasteiger partial charge in [-0.05, 0) is 48.1 Å². The topological polar surface area (TPSA) is 78.4 Å². The van der Waals surface area contributed by atoms with Gasteiger partial charge in [0.15, 0.2) is 0 Å². The van der Waals surface area contributed by atoms with Gasteiger partial charge in [0.25, 0.3) is 0 Å². The lowest BCUT2D eigenvalue weighted by molar-refractivity contribution is -0.136. The average molecular weight is 358 g/mol. The van der Waals surface area contributed by atoms with Crippen LogP contribution in [0.3, 0.4) is 0 Å². The zero-order valence-corrected chi connectivity index (χ0v) is 15.1. The van der Waals surface area contributed by atoms with E-state index in [1.807, 2.05) is 37.4 Å². The van der Waals surface area contributed by atoms with Gasteiger partial charge in [-0.1, -0.05) is 31.2 Å². The molecule has 0 saturated heterocycles. The van der Waals surface area contributed by atoms with Crippen LogP contribution in [-0.2, 0) is 16.0 Å². The average Bonchev–Trinajstić information content (AvgIpc) is 2.66. The summed E-state index contributed by atoms with van der Waals surface area (Å²) in [6, 6.07) is 14.7. The highest BCUT2D eigenvalue weighted by Gasteiger charge is 2.16. The molecule has 2 rings (SSSR count). The van der Waals surface area contributed by atoms with Gasteiger partial charge in [0.1, 0.15) is 0 Å². The first-order valence-electron chi connectivity index (χ1n) is 8.03. The molecule has 0 radical (unpaired) electrons. The lowest BCUT2D eigenvalue weighted by atomic mass is 10.1. The molecule has 5 nitrogen and oxygen atoms in total. The molecule has 0 fully saturated rings. The number of carbonyl (C=O) groups is 2. The molecule has 2 amide bonds. The van der Waals surface area contributed by atoms with Crippen LogP contribution in [0.2, 0.25) is 0 Å². The number of hydrogen-bond acceptors (Lipinski definition) is 4. The smallest absolute Gasteiger partial charge is 0.313 e. The van der Waals surface area contributed by atoms with Gasteiger partial charge in [-0.3, -0.25) is 9.59 Å². The number of aliphatic hydroxyl groups is 1. The number of benzene rings is 2. The van der Waals surface area contributed by atoms with Crippen LogP contribution in [0.4, 0.5) is 5.69 Å². The Morgan fingerprint density at radius 2 is 1.68 bits per heavy atom. The maximum Gasteiger partial charge on any atom is 0.313 e. The predicted molar refractivity (Wildman–Crippen MR) is 101 cm³/mol. The maximum absolute atomic E-state index is 11.9. The van der Waals surface area contributed by atoms with Crippen molar-refractivity contribution in [3.63, 3.8) is 0 Å². The summed E-state index contributed by atoms with van der Waals surface area (Å²) in [5, 5.41) is 15.1. The Morgan fingerprint density at radius 1 is 1.04 bits per heavy atom. The summed E-state index contributed by atoms with van der Waals surface area (Å²) in [6.07, 6.45) is 2.02. The lowest BCUT2D eigenvalue weighted by Crippen LogP contribution is -2.37. The Labute approximate surface area is 151 Å². The molecular weight excluding hydrogens is 336 g/mol. The van der Waals surface area contributed by atoms with Crippen molar-refractivity contribution >= 4 is 29.3 Å². The molecule has 1 unspecified atom stereocenters. The second-order valence-electron chi connectivity index (χ2n) is 5.50. The quantitative estimate of drug-likeness (QED) is 0.548. The number of rotatable bonds is 6. The number of carbonyl (C=O) groups excluding carboxylic acids is 2. The van der Waals surface area contributed by atoms with Crippen LogP contribution in [0, 0.1) is 0 Å². The van der Waals surface area contributed by atoms with E-state index in [9.17, 15) is 14.7 Å². The highest BCUT2D eigenvalue weighted by molar-refractivity contribution is 7.98. The molecule has 3 N–H and O–H groups in total. The van der Waals surface area contributed by atoms with E-state index in [0.717, 1.165) is 16.9 Å². The minimum Gasteiger partial charge on any atom is -0.387 e. The number of aryl methyl sites for hydroxylation is 1. The first kappa shape index (κ1) is 19.0. The Bertz CT molecular complexity index is 714. The van der Waals surface area contributed by atoms with Gasteiger partial charge in [0, 0.05) is 17.1 Å². The summed E-state index contributed by atoms with van der Waals surface area (Å²) in [7, 11) is 0. The fourth-order valence-electron chi connectivity index (χ4n) is 2.23. The summed E-state index contributed by atoms with van der Waals surface area (Å²) in [4.78, 5) is 24.9. The normalized spacial score (nSPS) is 11.6. The second-order valence-corrected chi connectivity index (χ2v) is 6.38. The fraction of sp³-hybridized carbons (Fsp3) is 0.263. The molecule has 0 aliphatic heterocycles. The fourth-order valence-corrected chi connectivity index (χ4v) is 2.63. The van der Waals surface area contributed by atoms with Crippen molar-refractivity contribution in [1.82, 2.24) is 5.32 Å². The Hall–Kier alpha value is -2.31. The van der Waals surface area contributed by atoms with Crippen LogP contribution in [0.15, 0.2) is 53.4 Å². The molecule has 0 aliphatic carbocycles. The summed E-state index contributed by atoms with van der Waals surface area (Å²) in [5.74, 6) is -1.53. The maximum atomic E-state index is 11.9. The van der Waals surface area contributed by atoms with Gasteiger partial charge < -0.3 is 15.7 Å². The molecule has 6 heteroatoms. The Balaban J connectivity index is 1.84. The molecule has 2 aromatic rings.